The second-order valence-corrected chi connectivity index (χ2v) is 8.25. The zero-order valence-corrected chi connectivity index (χ0v) is 16.8. The number of carbonyl (C=O) groups excluding carboxylic acids is 2. The van der Waals surface area contributed by atoms with E-state index in [0.717, 1.165) is 25.7 Å². The van der Waals surface area contributed by atoms with Crippen LogP contribution in [0.4, 0.5) is 0 Å². The minimum atomic E-state index is -0.537. The SMILES string of the molecule is COc1cc(OC)c2c(c1)OC1(CCN(C(=O)C3CCCCC3)CC1)CC2=O. The lowest BCUT2D eigenvalue weighted by Crippen LogP contribution is -2.53. The third kappa shape index (κ3) is 3.45. The van der Waals surface area contributed by atoms with Crippen LogP contribution in [-0.4, -0.2) is 49.5 Å². The largest absolute Gasteiger partial charge is 0.496 e. The van der Waals surface area contributed by atoms with Crippen molar-refractivity contribution in [2.75, 3.05) is 27.3 Å². The molecule has 2 heterocycles. The molecule has 1 spiro atoms. The van der Waals surface area contributed by atoms with E-state index >= 15 is 0 Å². The van der Waals surface area contributed by atoms with Crippen LogP contribution in [0.3, 0.4) is 0 Å². The molecule has 28 heavy (non-hydrogen) atoms. The van der Waals surface area contributed by atoms with Gasteiger partial charge in [-0.15, -0.1) is 0 Å². The standard InChI is InChI=1S/C22H29NO5/c1-26-16-12-18(27-2)20-17(24)14-22(28-19(20)13-16)8-10-23(11-9-22)21(25)15-6-4-3-5-7-15/h12-13,15H,3-11,14H2,1-2H3. The Hall–Kier alpha value is -2.24. The average molecular weight is 387 g/mol. The molecule has 1 saturated carbocycles. The van der Waals surface area contributed by atoms with Gasteiger partial charge in [0.05, 0.1) is 20.6 Å². The highest BCUT2D eigenvalue weighted by Gasteiger charge is 2.45. The van der Waals surface area contributed by atoms with Crippen LogP contribution < -0.4 is 14.2 Å². The summed E-state index contributed by atoms with van der Waals surface area (Å²) in [5, 5.41) is 0. The van der Waals surface area contributed by atoms with Crippen molar-refractivity contribution in [1.29, 1.82) is 0 Å². The number of nitrogens with zero attached hydrogens (tertiary/aromatic N) is 1. The number of hydrogen-bond acceptors (Lipinski definition) is 5. The number of benzene rings is 1. The molecule has 0 bridgehead atoms. The first kappa shape index (κ1) is 19.1. The van der Waals surface area contributed by atoms with E-state index in [1.54, 1.807) is 26.4 Å². The number of ketones is 1. The van der Waals surface area contributed by atoms with Crippen LogP contribution in [-0.2, 0) is 4.79 Å². The normalized spacial score (nSPS) is 21.8. The maximum atomic E-state index is 12.9. The summed E-state index contributed by atoms with van der Waals surface area (Å²) in [5.74, 6) is 2.13. The number of piperidine rings is 1. The van der Waals surface area contributed by atoms with E-state index in [-0.39, 0.29) is 11.7 Å². The van der Waals surface area contributed by atoms with Crippen molar-refractivity contribution < 1.29 is 23.8 Å². The van der Waals surface area contributed by atoms with E-state index in [0.29, 0.717) is 61.1 Å². The van der Waals surface area contributed by atoms with Crippen LogP contribution >= 0.6 is 0 Å². The smallest absolute Gasteiger partial charge is 0.225 e. The van der Waals surface area contributed by atoms with Crippen molar-refractivity contribution in [2.45, 2.75) is 57.0 Å². The molecule has 1 amide bonds. The Balaban J connectivity index is 1.49. The molecule has 0 atom stereocenters. The second kappa shape index (κ2) is 7.64. The Morgan fingerprint density at radius 3 is 2.46 bits per heavy atom. The molecule has 152 valence electrons. The molecule has 3 aliphatic rings. The molecule has 1 saturated heterocycles. The molecule has 0 N–H and O–H groups in total. The Kier molecular flexibility index (Phi) is 5.21. The maximum Gasteiger partial charge on any atom is 0.225 e. The number of methoxy groups -OCH3 is 2. The summed E-state index contributed by atoms with van der Waals surface area (Å²) in [6.07, 6.45) is 7.28. The van der Waals surface area contributed by atoms with Crippen molar-refractivity contribution in [3.05, 3.63) is 17.7 Å². The summed E-state index contributed by atoms with van der Waals surface area (Å²) in [6.45, 7) is 1.30. The second-order valence-electron chi connectivity index (χ2n) is 8.25. The van der Waals surface area contributed by atoms with Gasteiger partial charge >= 0.3 is 0 Å². The molecule has 0 radical (unpaired) electrons. The molecular formula is C22H29NO5. The van der Waals surface area contributed by atoms with Gasteiger partial charge in [0.1, 0.15) is 28.4 Å². The van der Waals surface area contributed by atoms with Gasteiger partial charge in [0, 0.05) is 44.0 Å². The van der Waals surface area contributed by atoms with Gasteiger partial charge in [-0.1, -0.05) is 19.3 Å². The van der Waals surface area contributed by atoms with E-state index in [1.165, 1.54) is 6.42 Å². The fraction of sp³-hybridized carbons (Fsp3) is 0.636. The summed E-state index contributed by atoms with van der Waals surface area (Å²) in [7, 11) is 3.12. The molecule has 1 aromatic rings. The van der Waals surface area contributed by atoms with Gasteiger partial charge < -0.3 is 19.1 Å². The summed E-state index contributed by atoms with van der Waals surface area (Å²) < 4.78 is 17.1. The highest BCUT2D eigenvalue weighted by atomic mass is 16.5. The minimum Gasteiger partial charge on any atom is -0.496 e. The molecule has 6 nitrogen and oxygen atoms in total. The third-order valence-corrected chi connectivity index (χ3v) is 6.52. The maximum absolute atomic E-state index is 12.9. The first-order valence-corrected chi connectivity index (χ1v) is 10.3. The molecule has 1 aromatic carbocycles. The van der Waals surface area contributed by atoms with Crippen molar-refractivity contribution in [3.63, 3.8) is 0 Å². The van der Waals surface area contributed by atoms with E-state index in [2.05, 4.69) is 0 Å². The van der Waals surface area contributed by atoms with Crippen LogP contribution in [0.5, 0.6) is 17.2 Å². The van der Waals surface area contributed by atoms with Crippen molar-refractivity contribution in [2.24, 2.45) is 5.92 Å². The molecule has 0 unspecified atom stereocenters. The highest BCUT2D eigenvalue weighted by Crippen LogP contribution is 2.45. The Morgan fingerprint density at radius 2 is 1.82 bits per heavy atom. The van der Waals surface area contributed by atoms with Gasteiger partial charge in [0.2, 0.25) is 5.91 Å². The first-order valence-electron chi connectivity index (χ1n) is 10.3. The number of ether oxygens (including phenoxy) is 3. The summed E-state index contributed by atoms with van der Waals surface area (Å²) in [6, 6.07) is 3.47. The van der Waals surface area contributed by atoms with Crippen LogP contribution in [0.25, 0.3) is 0 Å². The van der Waals surface area contributed by atoms with Crippen LogP contribution in [0.15, 0.2) is 12.1 Å². The van der Waals surface area contributed by atoms with Crippen LogP contribution in [0, 0.1) is 5.92 Å². The fourth-order valence-corrected chi connectivity index (χ4v) is 4.87. The van der Waals surface area contributed by atoms with E-state index in [1.807, 2.05) is 4.90 Å². The Labute approximate surface area is 166 Å². The topological polar surface area (TPSA) is 65.1 Å². The van der Waals surface area contributed by atoms with Gasteiger partial charge in [-0.05, 0) is 12.8 Å². The van der Waals surface area contributed by atoms with Gasteiger partial charge in [0.25, 0.3) is 0 Å². The lowest BCUT2D eigenvalue weighted by atomic mass is 9.81. The summed E-state index contributed by atoms with van der Waals surface area (Å²) in [4.78, 5) is 27.7. The Morgan fingerprint density at radius 1 is 1.11 bits per heavy atom. The zero-order chi connectivity index (χ0) is 19.7. The first-order chi connectivity index (χ1) is 13.5. The van der Waals surface area contributed by atoms with Gasteiger partial charge in [-0.3, -0.25) is 9.59 Å². The lowest BCUT2D eigenvalue weighted by molar-refractivity contribution is -0.140. The molecule has 2 fully saturated rings. The number of likely N-dealkylation sites (tertiary alicyclic amines) is 1. The number of amides is 1. The van der Waals surface area contributed by atoms with Crippen molar-refractivity contribution >= 4 is 11.7 Å². The monoisotopic (exact) mass is 387 g/mol. The number of hydrogen-bond donors (Lipinski definition) is 0. The van der Waals surface area contributed by atoms with Crippen LogP contribution in [0.2, 0.25) is 0 Å². The van der Waals surface area contributed by atoms with Crippen molar-refractivity contribution in [3.8, 4) is 17.2 Å². The highest BCUT2D eigenvalue weighted by molar-refractivity contribution is 6.03. The van der Waals surface area contributed by atoms with Crippen molar-refractivity contribution in [1.82, 2.24) is 4.90 Å². The van der Waals surface area contributed by atoms with Gasteiger partial charge in [-0.25, -0.2) is 0 Å². The molecule has 6 heteroatoms. The molecule has 4 rings (SSSR count). The van der Waals surface area contributed by atoms with E-state index < -0.39 is 5.60 Å². The fourth-order valence-electron chi connectivity index (χ4n) is 4.87. The summed E-state index contributed by atoms with van der Waals surface area (Å²) >= 11 is 0. The molecule has 0 aromatic heterocycles. The molecule has 1 aliphatic carbocycles. The number of carbonyl (C=O) groups is 2. The predicted molar refractivity (Wildman–Crippen MR) is 104 cm³/mol. The quantitative estimate of drug-likeness (QED) is 0.793. The van der Waals surface area contributed by atoms with Crippen LogP contribution in [0.1, 0.15) is 61.7 Å². The number of Topliss-reactive ketones (excluding diaryl/α,β-unsaturated/α-hetero) is 1. The van der Waals surface area contributed by atoms with Gasteiger partial charge in [-0.2, -0.15) is 0 Å². The predicted octanol–water partition coefficient (Wildman–Crippen LogP) is 3.61. The number of rotatable bonds is 3. The zero-order valence-electron chi connectivity index (χ0n) is 16.8. The minimum absolute atomic E-state index is 0.0350. The molecule has 2 aliphatic heterocycles. The third-order valence-electron chi connectivity index (χ3n) is 6.52. The summed E-state index contributed by atoms with van der Waals surface area (Å²) in [5.41, 5.74) is -0.0419. The lowest BCUT2D eigenvalue weighted by Gasteiger charge is -2.44. The average Bonchev–Trinajstić information content (AvgIpc) is 2.73. The number of fused-ring (bicyclic) bond motifs is 1. The molecular weight excluding hydrogens is 358 g/mol. The van der Waals surface area contributed by atoms with E-state index in [4.69, 9.17) is 14.2 Å². The van der Waals surface area contributed by atoms with E-state index in [9.17, 15) is 9.59 Å². The van der Waals surface area contributed by atoms with Gasteiger partial charge in [0.15, 0.2) is 5.78 Å². The Bertz CT molecular complexity index is 760.